The molecule has 1 N–H and O–H groups in total. The second kappa shape index (κ2) is 8.31. The lowest BCUT2D eigenvalue weighted by molar-refractivity contribution is -0.116. The van der Waals surface area contributed by atoms with Crippen molar-refractivity contribution in [2.75, 3.05) is 0 Å². The number of hydrogen-bond acceptors (Lipinski definition) is 2. The van der Waals surface area contributed by atoms with Crippen LogP contribution < -0.4 is 5.32 Å². The summed E-state index contributed by atoms with van der Waals surface area (Å²) in [5, 5.41) is 5.36. The molecular weight excluding hydrogens is 344 g/mol. The molecule has 3 aromatic carbocycles. The van der Waals surface area contributed by atoms with Crippen molar-refractivity contribution in [3.05, 3.63) is 120 Å². The lowest BCUT2D eigenvalue weighted by atomic mass is 10.0. The SMILES string of the molecule is O=C(/C=C/c1cccc2ccccc12)NC(c1ccccc1)c1ccccn1. The predicted octanol–water partition coefficient (Wildman–Crippen LogP) is 5.15. The highest BCUT2D eigenvalue weighted by molar-refractivity contribution is 5.97. The van der Waals surface area contributed by atoms with Gasteiger partial charge in [0.05, 0.1) is 11.7 Å². The Labute approximate surface area is 164 Å². The molecule has 4 rings (SSSR count). The smallest absolute Gasteiger partial charge is 0.244 e. The highest BCUT2D eigenvalue weighted by atomic mass is 16.1. The van der Waals surface area contributed by atoms with Gasteiger partial charge in [-0.25, -0.2) is 0 Å². The fraction of sp³-hybridized carbons (Fsp3) is 0.0400. The molecule has 3 nitrogen and oxygen atoms in total. The van der Waals surface area contributed by atoms with Crippen molar-refractivity contribution in [2.24, 2.45) is 0 Å². The summed E-state index contributed by atoms with van der Waals surface area (Å²) >= 11 is 0. The Hall–Kier alpha value is -3.72. The average Bonchev–Trinajstić information content (AvgIpc) is 2.77. The standard InChI is InChI=1S/C25H20N2O/c28-24(17-16-20-13-8-12-19-9-4-5-14-22(19)20)27-25(21-10-2-1-3-11-21)23-15-6-7-18-26-23/h1-18,25H,(H,27,28)/b17-16+. The van der Waals surface area contributed by atoms with Crippen LogP contribution >= 0.6 is 0 Å². The molecule has 0 aliphatic carbocycles. The number of nitrogens with one attached hydrogen (secondary N) is 1. The van der Waals surface area contributed by atoms with Crippen LogP contribution in [0.3, 0.4) is 0 Å². The number of benzene rings is 3. The maximum atomic E-state index is 12.7. The number of carbonyl (C=O) groups is 1. The highest BCUT2D eigenvalue weighted by Crippen LogP contribution is 2.21. The van der Waals surface area contributed by atoms with E-state index in [9.17, 15) is 4.79 Å². The quantitative estimate of drug-likeness (QED) is 0.497. The predicted molar refractivity (Wildman–Crippen MR) is 114 cm³/mol. The number of pyridine rings is 1. The van der Waals surface area contributed by atoms with Gasteiger partial charge in [0.1, 0.15) is 0 Å². The van der Waals surface area contributed by atoms with E-state index >= 15 is 0 Å². The van der Waals surface area contributed by atoms with Gasteiger partial charge < -0.3 is 5.32 Å². The van der Waals surface area contributed by atoms with E-state index < -0.39 is 0 Å². The Bertz CT molecular complexity index is 1060. The molecule has 4 aromatic rings. The number of hydrogen-bond donors (Lipinski definition) is 1. The van der Waals surface area contributed by atoms with Gasteiger partial charge in [-0.3, -0.25) is 9.78 Å². The third-order valence-electron chi connectivity index (χ3n) is 4.64. The van der Waals surface area contributed by atoms with E-state index in [0.717, 1.165) is 27.6 Å². The first-order valence-corrected chi connectivity index (χ1v) is 9.23. The summed E-state index contributed by atoms with van der Waals surface area (Å²) < 4.78 is 0. The third kappa shape index (κ3) is 3.99. The summed E-state index contributed by atoms with van der Waals surface area (Å²) in [6, 6.07) is 29.5. The molecule has 0 saturated carbocycles. The number of carbonyl (C=O) groups excluding carboxylic acids is 1. The molecule has 1 heterocycles. The summed E-state index contributed by atoms with van der Waals surface area (Å²) in [5.41, 5.74) is 2.82. The van der Waals surface area contributed by atoms with Crippen molar-refractivity contribution >= 4 is 22.8 Å². The van der Waals surface area contributed by atoms with Crippen LogP contribution in [-0.2, 0) is 4.79 Å². The van der Waals surface area contributed by atoms with Crippen molar-refractivity contribution in [2.45, 2.75) is 6.04 Å². The Morgan fingerprint density at radius 2 is 1.57 bits per heavy atom. The first-order valence-electron chi connectivity index (χ1n) is 9.23. The van der Waals surface area contributed by atoms with Gasteiger partial charge in [-0.15, -0.1) is 0 Å². The Morgan fingerprint density at radius 3 is 2.39 bits per heavy atom. The summed E-state index contributed by atoms with van der Waals surface area (Å²) in [6.07, 6.45) is 5.18. The first-order chi connectivity index (χ1) is 13.8. The number of rotatable bonds is 5. The lowest BCUT2D eigenvalue weighted by Crippen LogP contribution is -2.28. The van der Waals surface area contributed by atoms with Gasteiger partial charge in [0, 0.05) is 12.3 Å². The van der Waals surface area contributed by atoms with Gasteiger partial charge in [0.2, 0.25) is 5.91 Å². The van der Waals surface area contributed by atoms with Crippen LogP contribution in [0.2, 0.25) is 0 Å². The van der Waals surface area contributed by atoms with Crippen molar-refractivity contribution in [3.63, 3.8) is 0 Å². The fourth-order valence-corrected chi connectivity index (χ4v) is 3.27. The minimum atomic E-state index is -0.299. The minimum absolute atomic E-state index is 0.160. The normalized spacial score (nSPS) is 12.1. The van der Waals surface area contributed by atoms with Crippen LogP contribution in [0.5, 0.6) is 0 Å². The first kappa shape index (κ1) is 17.7. The summed E-state index contributed by atoms with van der Waals surface area (Å²) in [6.45, 7) is 0. The van der Waals surface area contributed by atoms with Crippen LogP contribution in [0, 0.1) is 0 Å². The molecule has 1 amide bonds. The van der Waals surface area contributed by atoms with Crippen LogP contribution in [0.4, 0.5) is 0 Å². The largest absolute Gasteiger partial charge is 0.340 e. The molecule has 1 aromatic heterocycles. The Kier molecular flexibility index (Phi) is 5.25. The zero-order valence-electron chi connectivity index (χ0n) is 15.3. The van der Waals surface area contributed by atoms with E-state index in [0.29, 0.717) is 0 Å². The van der Waals surface area contributed by atoms with Gasteiger partial charge in [-0.2, -0.15) is 0 Å². The van der Waals surface area contributed by atoms with Crippen LogP contribution in [0.25, 0.3) is 16.8 Å². The van der Waals surface area contributed by atoms with E-state index in [1.807, 2.05) is 78.9 Å². The van der Waals surface area contributed by atoms with Crippen molar-refractivity contribution in [3.8, 4) is 0 Å². The van der Waals surface area contributed by atoms with E-state index in [4.69, 9.17) is 0 Å². The zero-order chi connectivity index (χ0) is 19.2. The second-order valence-corrected chi connectivity index (χ2v) is 6.51. The topological polar surface area (TPSA) is 42.0 Å². The van der Waals surface area contributed by atoms with E-state index in [1.54, 1.807) is 12.3 Å². The molecule has 0 radical (unpaired) electrons. The fourth-order valence-electron chi connectivity index (χ4n) is 3.27. The lowest BCUT2D eigenvalue weighted by Gasteiger charge is -2.18. The van der Waals surface area contributed by atoms with E-state index in [-0.39, 0.29) is 11.9 Å². The maximum absolute atomic E-state index is 12.7. The summed E-state index contributed by atoms with van der Waals surface area (Å²) in [5.74, 6) is -0.160. The van der Waals surface area contributed by atoms with Crippen molar-refractivity contribution in [1.82, 2.24) is 10.3 Å². The summed E-state index contributed by atoms with van der Waals surface area (Å²) in [4.78, 5) is 17.1. The van der Waals surface area contributed by atoms with Crippen LogP contribution in [-0.4, -0.2) is 10.9 Å². The molecule has 0 saturated heterocycles. The van der Waals surface area contributed by atoms with Gasteiger partial charge >= 0.3 is 0 Å². The molecule has 0 aliphatic rings. The maximum Gasteiger partial charge on any atom is 0.244 e. The molecule has 1 unspecified atom stereocenters. The van der Waals surface area contributed by atoms with Crippen molar-refractivity contribution in [1.29, 1.82) is 0 Å². The second-order valence-electron chi connectivity index (χ2n) is 6.51. The molecular formula is C25H20N2O. The molecule has 0 bridgehead atoms. The highest BCUT2D eigenvalue weighted by Gasteiger charge is 2.16. The molecule has 0 spiro atoms. The van der Waals surface area contributed by atoms with Gasteiger partial charge in [-0.1, -0.05) is 78.9 Å². The molecule has 136 valence electrons. The monoisotopic (exact) mass is 364 g/mol. The van der Waals surface area contributed by atoms with E-state index in [1.165, 1.54) is 0 Å². The van der Waals surface area contributed by atoms with Gasteiger partial charge in [0.25, 0.3) is 0 Å². The number of fused-ring (bicyclic) bond motifs is 1. The number of nitrogens with zero attached hydrogens (tertiary/aromatic N) is 1. The minimum Gasteiger partial charge on any atom is -0.340 e. The number of amides is 1. The van der Waals surface area contributed by atoms with Gasteiger partial charge in [0.15, 0.2) is 0 Å². The molecule has 3 heteroatoms. The molecule has 1 atom stereocenters. The average molecular weight is 364 g/mol. The molecule has 28 heavy (non-hydrogen) atoms. The molecule has 0 aliphatic heterocycles. The third-order valence-corrected chi connectivity index (χ3v) is 4.64. The number of aromatic nitrogens is 1. The zero-order valence-corrected chi connectivity index (χ0v) is 15.3. The Morgan fingerprint density at radius 1 is 0.821 bits per heavy atom. The van der Waals surface area contributed by atoms with Crippen LogP contribution in [0.1, 0.15) is 22.9 Å². The van der Waals surface area contributed by atoms with E-state index in [2.05, 4.69) is 28.5 Å². The van der Waals surface area contributed by atoms with Crippen molar-refractivity contribution < 1.29 is 4.79 Å². The van der Waals surface area contributed by atoms with Gasteiger partial charge in [-0.05, 0) is 40.1 Å². The molecule has 0 fully saturated rings. The Balaban J connectivity index is 1.59. The van der Waals surface area contributed by atoms with Crippen LogP contribution in [0.15, 0.2) is 103 Å². The summed E-state index contributed by atoms with van der Waals surface area (Å²) in [7, 11) is 0.